The molecule has 0 radical (unpaired) electrons. The van der Waals surface area contributed by atoms with Crippen LogP contribution in [0.25, 0.3) is 0 Å². The number of hydroxylamine groups is 2. The van der Waals surface area contributed by atoms with Crippen LogP contribution in [0.15, 0.2) is 18.6 Å². The van der Waals surface area contributed by atoms with Crippen LogP contribution in [0.4, 0.5) is 0 Å². The van der Waals surface area contributed by atoms with E-state index in [4.69, 9.17) is 9.94 Å². The van der Waals surface area contributed by atoms with E-state index in [2.05, 4.69) is 9.97 Å². The molecule has 1 saturated heterocycles. The molecule has 0 bridgehead atoms. The number of carbonyl (C=O) groups is 1. The summed E-state index contributed by atoms with van der Waals surface area (Å²) in [5.74, 6) is -0.428. The number of nitrogens with zero attached hydrogens (tertiary/aromatic N) is 3. The van der Waals surface area contributed by atoms with Gasteiger partial charge in [-0.15, -0.1) is 0 Å². The quantitative estimate of drug-likeness (QED) is 0.602. The van der Waals surface area contributed by atoms with Crippen LogP contribution in [0.2, 0.25) is 0 Å². The fraction of sp³-hybridized carbons (Fsp3) is 0.643. The molecule has 0 spiro atoms. The van der Waals surface area contributed by atoms with E-state index in [1.807, 2.05) is 27.7 Å². The van der Waals surface area contributed by atoms with E-state index >= 15 is 0 Å². The zero-order chi connectivity index (χ0) is 15.0. The van der Waals surface area contributed by atoms with Gasteiger partial charge in [-0.1, -0.05) is 5.06 Å². The highest BCUT2D eigenvalue weighted by Gasteiger charge is 2.49. The zero-order valence-electron chi connectivity index (χ0n) is 12.4. The highest BCUT2D eigenvalue weighted by atomic mass is 16.5. The Hall–Kier alpha value is -1.53. The van der Waals surface area contributed by atoms with Crippen LogP contribution in [0.3, 0.4) is 0 Å². The predicted octanol–water partition coefficient (Wildman–Crippen LogP) is 1.29. The molecule has 1 aliphatic rings. The summed E-state index contributed by atoms with van der Waals surface area (Å²) in [7, 11) is 0. The SMILES string of the molecule is CC1(C)CC(OC(=O)c2ccncn2)CC(C)(C)N1[OH2+]. The molecule has 0 atom stereocenters. The van der Waals surface area contributed by atoms with Gasteiger partial charge in [0.05, 0.1) is 11.1 Å². The predicted molar refractivity (Wildman–Crippen MR) is 74.1 cm³/mol. The number of esters is 1. The van der Waals surface area contributed by atoms with Gasteiger partial charge in [-0.05, 0) is 33.8 Å². The molecule has 6 nitrogen and oxygen atoms in total. The Labute approximate surface area is 118 Å². The lowest BCUT2D eigenvalue weighted by Crippen LogP contribution is -2.60. The molecule has 2 N–H and O–H groups in total. The van der Waals surface area contributed by atoms with Gasteiger partial charge in [0.25, 0.3) is 0 Å². The first kappa shape index (κ1) is 14.9. The van der Waals surface area contributed by atoms with Crippen molar-refractivity contribution in [3.8, 4) is 0 Å². The van der Waals surface area contributed by atoms with Crippen molar-refractivity contribution in [2.75, 3.05) is 0 Å². The second-order valence-corrected chi connectivity index (χ2v) is 6.49. The third-order valence-electron chi connectivity index (χ3n) is 3.73. The van der Waals surface area contributed by atoms with Crippen LogP contribution >= 0.6 is 0 Å². The molecule has 0 saturated carbocycles. The highest BCUT2D eigenvalue weighted by Crippen LogP contribution is 2.38. The average molecular weight is 280 g/mol. The van der Waals surface area contributed by atoms with Crippen LogP contribution in [0.5, 0.6) is 0 Å². The number of piperidine rings is 1. The van der Waals surface area contributed by atoms with E-state index in [1.54, 1.807) is 5.06 Å². The standard InChI is InChI=1S/C14H21N3O3/c1-13(2)7-10(8-14(3,4)17(13)19)20-12(18)11-5-6-15-9-16-11/h5-6,9-10,19H,7-8H2,1-4H3/p+1. The first-order valence-electron chi connectivity index (χ1n) is 6.71. The van der Waals surface area contributed by atoms with Crippen molar-refractivity contribution in [3.63, 3.8) is 0 Å². The third-order valence-corrected chi connectivity index (χ3v) is 3.73. The Morgan fingerprint density at radius 1 is 1.35 bits per heavy atom. The Morgan fingerprint density at radius 3 is 2.45 bits per heavy atom. The lowest BCUT2D eigenvalue weighted by atomic mass is 9.80. The molecule has 1 aromatic rings. The highest BCUT2D eigenvalue weighted by molar-refractivity contribution is 5.87. The fourth-order valence-corrected chi connectivity index (χ4v) is 2.89. The first-order chi connectivity index (χ1) is 9.22. The molecule has 2 heterocycles. The van der Waals surface area contributed by atoms with E-state index in [0.29, 0.717) is 12.8 Å². The van der Waals surface area contributed by atoms with Crippen LogP contribution < -0.4 is 0 Å². The molecule has 1 fully saturated rings. The van der Waals surface area contributed by atoms with Gasteiger partial charge < -0.3 is 9.94 Å². The number of aromatic nitrogens is 2. The molecular weight excluding hydrogens is 258 g/mol. The topological polar surface area (TPSA) is 78.2 Å². The van der Waals surface area contributed by atoms with Crippen molar-refractivity contribution in [1.29, 1.82) is 0 Å². The summed E-state index contributed by atoms with van der Waals surface area (Å²) < 4.78 is 5.56. The summed E-state index contributed by atoms with van der Waals surface area (Å²) in [6, 6.07) is 1.54. The largest absolute Gasteiger partial charge is 0.457 e. The van der Waals surface area contributed by atoms with Gasteiger partial charge in [0, 0.05) is 19.0 Å². The summed E-state index contributed by atoms with van der Waals surface area (Å²) in [5.41, 5.74) is -0.402. The maximum absolute atomic E-state index is 12.0. The number of carbonyl (C=O) groups excluding carboxylic acids is 1. The number of ether oxygens (including phenoxy) is 1. The van der Waals surface area contributed by atoms with Gasteiger partial charge in [0.2, 0.25) is 0 Å². The van der Waals surface area contributed by atoms with Crippen molar-refractivity contribution in [2.45, 2.75) is 57.7 Å². The van der Waals surface area contributed by atoms with Crippen LogP contribution in [-0.4, -0.2) is 43.4 Å². The van der Waals surface area contributed by atoms with Crippen molar-refractivity contribution in [2.24, 2.45) is 0 Å². The molecule has 1 aliphatic heterocycles. The molecule has 0 aromatic carbocycles. The molecule has 110 valence electrons. The van der Waals surface area contributed by atoms with Gasteiger partial charge in [-0.25, -0.2) is 14.8 Å². The second kappa shape index (κ2) is 5.10. The Kier molecular flexibility index (Phi) is 3.80. The van der Waals surface area contributed by atoms with E-state index in [0.717, 1.165) is 0 Å². The van der Waals surface area contributed by atoms with E-state index in [9.17, 15) is 4.79 Å². The lowest BCUT2D eigenvalue weighted by Gasteiger charge is -2.47. The average Bonchev–Trinajstić information content (AvgIpc) is 2.36. The Balaban J connectivity index is 2.09. The van der Waals surface area contributed by atoms with Crippen LogP contribution in [-0.2, 0) is 4.74 Å². The molecule has 0 unspecified atom stereocenters. The van der Waals surface area contributed by atoms with Crippen molar-refractivity contribution < 1.29 is 14.7 Å². The van der Waals surface area contributed by atoms with Gasteiger partial charge in [-0.3, -0.25) is 0 Å². The third kappa shape index (κ3) is 2.96. The molecule has 20 heavy (non-hydrogen) atoms. The molecule has 0 amide bonds. The maximum Gasteiger partial charge on any atom is 0.357 e. The minimum absolute atomic E-state index is 0.205. The smallest absolute Gasteiger partial charge is 0.357 e. The normalized spacial score (nSPS) is 22.4. The van der Waals surface area contributed by atoms with E-state index in [-0.39, 0.29) is 22.9 Å². The van der Waals surface area contributed by atoms with Gasteiger partial charge in [-0.2, -0.15) is 0 Å². The maximum atomic E-state index is 12.0. The minimum Gasteiger partial charge on any atom is -0.457 e. The van der Waals surface area contributed by atoms with Crippen LogP contribution in [0, 0.1) is 0 Å². The zero-order valence-corrected chi connectivity index (χ0v) is 12.4. The second-order valence-electron chi connectivity index (χ2n) is 6.49. The fourth-order valence-electron chi connectivity index (χ4n) is 2.89. The van der Waals surface area contributed by atoms with E-state index in [1.165, 1.54) is 18.6 Å². The molecule has 2 rings (SSSR count). The number of hydrogen-bond donors (Lipinski definition) is 0. The monoisotopic (exact) mass is 280 g/mol. The number of rotatable bonds is 2. The number of hydrogen-bond acceptors (Lipinski definition) is 5. The molecule has 6 heteroatoms. The van der Waals surface area contributed by atoms with Crippen molar-refractivity contribution in [3.05, 3.63) is 24.3 Å². The van der Waals surface area contributed by atoms with Gasteiger partial charge >= 0.3 is 5.97 Å². The summed E-state index contributed by atoms with van der Waals surface area (Å²) in [5, 5.41) is 9.79. The van der Waals surface area contributed by atoms with Crippen molar-refractivity contribution >= 4 is 5.97 Å². The van der Waals surface area contributed by atoms with E-state index < -0.39 is 5.97 Å². The minimum atomic E-state index is -0.428. The van der Waals surface area contributed by atoms with Gasteiger partial charge in [0.15, 0.2) is 5.69 Å². The first-order valence-corrected chi connectivity index (χ1v) is 6.71. The summed E-state index contributed by atoms with van der Waals surface area (Å²) >= 11 is 0. The van der Waals surface area contributed by atoms with Gasteiger partial charge in [0.1, 0.15) is 12.4 Å². The van der Waals surface area contributed by atoms with Crippen LogP contribution in [0.1, 0.15) is 51.0 Å². The summed E-state index contributed by atoms with van der Waals surface area (Å²) in [6.45, 7) is 7.97. The Bertz CT molecular complexity index is 470. The molecule has 0 aliphatic carbocycles. The Morgan fingerprint density at radius 2 is 1.95 bits per heavy atom. The molecule has 1 aromatic heterocycles. The molecular formula is C14H22N3O3+. The lowest BCUT2D eigenvalue weighted by molar-refractivity contribution is -0.256. The summed E-state index contributed by atoms with van der Waals surface area (Å²) in [6.07, 6.45) is 3.91. The summed E-state index contributed by atoms with van der Waals surface area (Å²) in [4.78, 5) is 19.7. The van der Waals surface area contributed by atoms with Crippen molar-refractivity contribution in [1.82, 2.24) is 15.0 Å².